The number of urea groups is 1. The summed E-state index contributed by atoms with van der Waals surface area (Å²) in [4.78, 5) is 67.3. The molecule has 2 bridgehead atoms. The molecule has 46 heavy (non-hydrogen) atoms. The van der Waals surface area contributed by atoms with Crippen molar-refractivity contribution in [2.75, 3.05) is 49.1 Å². The van der Waals surface area contributed by atoms with Crippen LogP contribution in [0.5, 0.6) is 0 Å². The van der Waals surface area contributed by atoms with Crippen LogP contribution in [0.3, 0.4) is 0 Å². The summed E-state index contributed by atoms with van der Waals surface area (Å²) in [5.41, 5.74) is 3.54. The monoisotopic (exact) mass is 619 g/mol. The molecule has 0 saturated carbocycles. The maximum atomic E-state index is 13.3. The number of nitrogens with one attached hydrogen (secondary N) is 1. The number of piperidine rings is 1. The van der Waals surface area contributed by atoms with E-state index >= 15 is 0 Å². The Morgan fingerprint density at radius 1 is 0.848 bits per heavy atom. The number of amides is 5. The van der Waals surface area contributed by atoms with E-state index in [1.54, 1.807) is 12.1 Å². The van der Waals surface area contributed by atoms with Gasteiger partial charge < -0.3 is 9.80 Å². The van der Waals surface area contributed by atoms with Crippen LogP contribution in [0, 0.1) is 5.92 Å². The maximum Gasteiger partial charge on any atom is 0.343 e. The third kappa shape index (κ3) is 4.25. The van der Waals surface area contributed by atoms with Crippen LogP contribution in [0.15, 0.2) is 54.7 Å². The van der Waals surface area contributed by atoms with Crippen LogP contribution in [0.25, 0.3) is 16.8 Å². The quantitative estimate of drug-likeness (QED) is 0.336. The highest BCUT2D eigenvalue weighted by Crippen LogP contribution is 2.38. The number of anilines is 2. The van der Waals surface area contributed by atoms with Gasteiger partial charge in [0.05, 0.1) is 28.7 Å². The van der Waals surface area contributed by atoms with Crippen molar-refractivity contribution in [2.45, 2.75) is 37.8 Å². The Balaban J connectivity index is 0.822. The van der Waals surface area contributed by atoms with Gasteiger partial charge >= 0.3 is 6.03 Å². The smallest absolute Gasteiger partial charge is 0.343 e. The van der Waals surface area contributed by atoms with Gasteiger partial charge in [0.15, 0.2) is 0 Å². The Hall–Kier alpha value is -5.04. The van der Waals surface area contributed by atoms with Gasteiger partial charge in [-0.3, -0.25) is 29.0 Å². The molecule has 1 N–H and O–H groups in total. The van der Waals surface area contributed by atoms with Crippen LogP contribution >= 0.6 is 0 Å². The number of benzene rings is 2. The minimum absolute atomic E-state index is 0.0106. The van der Waals surface area contributed by atoms with E-state index in [0.29, 0.717) is 23.6 Å². The number of para-hydroxylation sites is 2. The Labute approximate surface area is 264 Å². The number of rotatable bonds is 5. The number of imide groups is 2. The molecule has 7 heterocycles. The molecule has 5 aliphatic rings. The molecule has 2 aromatic heterocycles. The predicted molar refractivity (Wildman–Crippen MR) is 168 cm³/mol. The predicted octanol–water partition coefficient (Wildman–Crippen LogP) is 2.51. The van der Waals surface area contributed by atoms with Crippen molar-refractivity contribution in [3.8, 4) is 0 Å². The number of hydrazine groups is 1. The van der Waals surface area contributed by atoms with Gasteiger partial charge in [0.1, 0.15) is 5.82 Å². The Bertz CT molecular complexity index is 1950. The minimum atomic E-state index is -0.755. The molecule has 5 aliphatic heterocycles. The molecule has 4 fully saturated rings. The molecular weight excluding hydrogens is 586 g/mol. The maximum absolute atomic E-state index is 13.3. The summed E-state index contributed by atoms with van der Waals surface area (Å²) >= 11 is 0. The van der Waals surface area contributed by atoms with Crippen molar-refractivity contribution in [1.29, 1.82) is 0 Å². The first-order chi connectivity index (χ1) is 22.4. The lowest BCUT2D eigenvalue weighted by Crippen LogP contribution is -2.58. The number of nitrogens with zero attached hydrogens (tertiary/aromatic N) is 8. The number of fused-ring (bicyclic) bond motifs is 6. The van der Waals surface area contributed by atoms with Crippen molar-refractivity contribution < 1.29 is 19.2 Å². The zero-order valence-electron chi connectivity index (χ0n) is 25.2. The number of imidazole rings is 1. The molecule has 0 aliphatic carbocycles. The first-order valence-electron chi connectivity index (χ1n) is 16.0. The van der Waals surface area contributed by atoms with E-state index in [2.05, 4.69) is 38.3 Å². The SMILES string of the molecule is O=C1CCN(N2C(=O)c3ccc(N4C[C@@H]5C[C@H]4CN5CC4CCN(c5ccn6c(n5)nc5ccccc56)CC4)cc3C2=O)C(=O)N1. The van der Waals surface area contributed by atoms with Crippen molar-refractivity contribution >= 4 is 52.1 Å². The van der Waals surface area contributed by atoms with Gasteiger partial charge in [-0.15, -0.1) is 0 Å². The van der Waals surface area contributed by atoms with Crippen LogP contribution in [0.1, 0.15) is 46.4 Å². The molecule has 2 aromatic carbocycles. The highest BCUT2D eigenvalue weighted by Gasteiger charge is 2.46. The van der Waals surface area contributed by atoms with Crippen LogP contribution in [0.2, 0.25) is 0 Å². The van der Waals surface area contributed by atoms with E-state index in [1.807, 2.05) is 28.7 Å². The number of hydrogen-bond donors (Lipinski definition) is 1. The second kappa shape index (κ2) is 10.2. The number of carbonyl (C=O) groups is 4. The van der Waals surface area contributed by atoms with Crippen LogP contribution in [0.4, 0.5) is 16.3 Å². The molecule has 234 valence electrons. The van der Waals surface area contributed by atoms with E-state index in [9.17, 15) is 19.2 Å². The van der Waals surface area contributed by atoms with E-state index < -0.39 is 23.8 Å². The Kier molecular flexibility index (Phi) is 6.07. The number of piperazine rings is 1. The second-order valence-corrected chi connectivity index (χ2v) is 13.0. The summed E-state index contributed by atoms with van der Waals surface area (Å²) < 4.78 is 2.05. The van der Waals surface area contributed by atoms with Crippen LogP contribution in [-0.2, 0) is 4.79 Å². The van der Waals surface area contributed by atoms with Crippen LogP contribution < -0.4 is 15.1 Å². The molecule has 0 radical (unpaired) electrons. The zero-order chi connectivity index (χ0) is 31.1. The third-order valence-corrected chi connectivity index (χ3v) is 10.4. The topological polar surface area (TPSA) is 127 Å². The van der Waals surface area contributed by atoms with Gasteiger partial charge in [0, 0.05) is 63.1 Å². The molecule has 0 unspecified atom stereocenters. The zero-order valence-corrected chi connectivity index (χ0v) is 25.2. The average molecular weight is 620 g/mol. The molecule has 9 rings (SSSR count). The molecule has 0 spiro atoms. The first-order valence-corrected chi connectivity index (χ1v) is 16.0. The van der Waals surface area contributed by atoms with Crippen molar-refractivity contribution in [3.63, 3.8) is 0 Å². The van der Waals surface area contributed by atoms with E-state index in [-0.39, 0.29) is 18.5 Å². The van der Waals surface area contributed by atoms with Crippen molar-refractivity contribution in [1.82, 2.24) is 34.6 Å². The van der Waals surface area contributed by atoms with Gasteiger partial charge in [0.2, 0.25) is 11.7 Å². The normalized spacial score (nSPS) is 23.8. The summed E-state index contributed by atoms with van der Waals surface area (Å²) in [5.74, 6) is 0.878. The molecular formula is C33H33N9O4. The number of carbonyl (C=O) groups excluding carboxylic acids is 4. The molecule has 13 heteroatoms. The van der Waals surface area contributed by atoms with Gasteiger partial charge in [0.25, 0.3) is 11.8 Å². The third-order valence-electron chi connectivity index (χ3n) is 10.4. The average Bonchev–Trinajstić information content (AvgIpc) is 3.82. The van der Waals surface area contributed by atoms with Crippen molar-refractivity contribution in [3.05, 3.63) is 65.9 Å². The second-order valence-electron chi connectivity index (χ2n) is 13.0. The Morgan fingerprint density at radius 2 is 1.67 bits per heavy atom. The summed E-state index contributed by atoms with van der Waals surface area (Å²) in [7, 11) is 0. The Morgan fingerprint density at radius 3 is 2.48 bits per heavy atom. The standard InChI is InChI=1S/C33H33N9O4/c43-29-10-14-41(33(46)36-29)42-30(44)24-6-5-21(16-25(24)31(42)45)40-19-22-15-23(40)18-38(22)17-20-7-11-37(12-8-20)28-9-13-39-27-4-2-1-3-26(27)34-32(39)35-28/h1-6,9,13,16,20,22-23H,7-8,10-12,14-15,17-19H2,(H,36,43,46)/t22-,23-/m0/s1. The lowest BCUT2D eigenvalue weighted by Gasteiger charge is -2.39. The van der Waals surface area contributed by atoms with Gasteiger partial charge in [-0.2, -0.15) is 9.99 Å². The van der Waals surface area contributed by atoms with Gasteiger partial charge in [-0.05, 0) is 61.6 Å². The number of hydrogen-bond acceptors (Lipinski definition) is 9. The molecule has 13 nitrogen and oxygen atoms in total. The molecule has 4 aromatic rings. The summed E-state index contributed by atoms with van der Waals surface area (Å²) in [6.45, 7) is 4.91. The van der Waals surface area contributed by atoms with E-state index in [1.165, 1.54) is 0 Å². The first kappa shape index (κ1) is 27.3. The summed E-state index contributed by atoms with van der Waals surface area (Å²) in [6.07, 6.45) is 5.45. The fraction of sp³-hybridized carbons (Fsp3) is 0.394. The van der Waals surface area contributed by atoms with Crippen LogP contribution in [-0.4, -0.2) is 104 Å². The van der Waals surface area contributed by atoms with Gasteiger partial charge in [-0.1, -0.05) is 12.1 Å². The number of likely N-dealkylation sites (tertiary alicyclic amines) is 1. The fourth-order valence-corrected chi connectivity index (χ4v) is 8.04. The van der Waals surface area contributed by atoms with E-state index in [4.69, 9.17) is 9.97 Å². The lowest BCUT2D eigenvalue weighted by molar-refractivity contribution is -0.122. The fourth-order valence-electron chi connectivity index (χ4n) is 8.04. The molecule has 4 saturated heterocycles. The molecule has 2 atom stereocenters. The van der Waals surface area contributed by atoms with Crippen molar-refractivity contribution in [2.24, 2.45) is 5.92 Å². The lowest BCUT2D eigenvalue weighted by atomic mass is 9.95. The van der Waals surface area contributed by atoms with E-state index in [0.717, 1.165) is 90.3 Å². The highest BCUT2D eigenvalue weighted by molar-refractivity contribution is 6.22. The summed E-state index contributed by atoms with van der Waals surface area (Å²) in [6, 6.07) is 15.7. The molecule has 5 amide bonds. The minimum Gasteiger partial charge on any atom is -0.366 e. The summed E-state index contributed by atoms with van der Waals surface area (Å²) in [5, 5.41) is 4.08. The number of aromatic nitrogens is 3. The highest BCUT2D eigenvalue weighted by atomic mass is 16.2. The largest absolute Gasteiger partial charge is 0.366 e. The van der Waals surface area contributed by atoms with Gasteiger partial charge in [-0.25, -0.2) is 14.8 Å².